The standard InChI is InChI=1S/C13H17N3O/c1-8(2)9-4-5-10(12(17)6-9)11-7-13(14)16(3)15-11/h4-8,17H,14H2,1-3H3. The molecular formula is C13H17N3O. The highest BCUT2D eigenvalue weighted by Gasteiger charge is 2.11. The summed E-state index contributed by atoms with van der Waals surface area (Å²) in [6.45, 7) is 4.18. The second-order valence-corrected chi connectivity index (χ2v) is 4.51. The minimum Gasteiger partial charge on any atom is -0.507 e. The number of anilines is 1. The number of hydrogen-bond acceptors (Lipinski definition) is 3. The summed E-state index contributed by atoms with van der Waals surface area (Å²) in [6, 6.07) is 7.42. The summed E-state index contributed by atoms with van der Waals surface area (Å²) >= 11 is 0. The Morgan fingerprint density at radius 3 is 2.47 bits per heavy atom. The molecule has 0 aliphatic carbocycles. The minimum absolute atomic E-state index is 0.245. The van der Waals surface area contributed by atoms with E-state index in [4.69, 9.17) is 5.73 Å². The van der Waals surface area contributed by atoms with Crippen LogP contribution < -0.4 is 5.73 Å². The number of nitrogens with zero attached hydrogens (tertiary/aromatic N) is 2. The summed E-state index contributed by atoms with van der Waals surface area (Å²) in [6.07, 6.45) is 0. The van der Waals surface area contributed by atoms with Gasteiger partial charge in [-0.2, -0.15) is 5.10 Å². The first-order valence-electron chi connectivity index (χ1n) is 5.62. The maximum absolute atomic E-state index is 10.0. The van der Waals surface area contributed by atoms with Crippen LogP contribution in [0, 0.1) is 0 Å². The number of phenols is 1. The van der Waals surface area contributed by atoms with Gasteiger partial charge in [-0.05, 0) is 23.6 Å². The van der Waals surface area contributed by atoms with Gasteiger partial charge in [0.15, 0.2) is 0 Å². The van der Waals surface area contributed by atoms with Crippen molar-refractivity contribution in [2.75, 3.05) is 5.73 Å². The van der Waals surface area contributed by atoms with Crippen molar-refractivity contribution in [3.05, 3.63) is 29.8 Å². The number of rotatable bonds is 2. The van der Waals surface area contributed by atoms with Crippen molar-refractivity contribution < 1.29 is 5.11 Å². The van der Waals surface area contributed by atoms with Crippen LogP contribution in [0.15, 0.2) is 24.3 Å². The van der Waals surface area contributed by atoms with Crippen LogP contribution in [0.5, 0.6) is 5.75 Å². The lowest BCUT2D eigenvalue weighted by Crippen LogP contribution is -1.96. The molecule has 90 valence electrons. The molecule has 2 rings (SSSR count). The molecule has 1 aromatic carbocycles. The Labute approximate surface area is 101 Å². The Bertz CT molecular complexity index is 524. The molecule has 1 heterocycles. The first kappa shape index (κ1) is 11.5. The molecule has 0 fully saturated rings. The zero-order valence-electron chi connectivity index (χ0n) is 10.3. The van der Waals surface area contributed by atoms with Crippen molar-refractivity contribution in [3.8, 4) is 17.0 Å². The van der Waals surface area contributed by atoms with Gasteiger partial charge in [-0.15, -0.1) is 0 Å². The average molecular weight is 231 g/mol. The second kappa shape index (κ2) is 4.13. The molecule has 0 spiro atoms. The number of benzene rings is 1. The Balaban J connectivity index is 2.46. The molecular weight excluding hydrogens is 214 g/mol. The van der Waals surface area contributed by atoms with Crippen molar-refractivity contribution >= 4 is 5.82 Å². The van der Waals surface area contributed by atoms with Gasteiger partial charge >= 0.3 is 0 Å². The van der Waals surface area contributed by atoms with Crippen molar-refractivity contribution in [1.82, 2.24) is 9.78 Å². The first-order chi connectivity index (χ1) is 7.99. The Morgan fingerprint density at radius 1 is 1.29 bits per heavy atom. The molecule has 0 radical (unpaired) electrons. The predicted octanol–water partition coefficient (Wildman–Crippen LogP) is 2.50. The number of nitrogen functional groups attached to an aromatic ring is 1. The lowest BCUT2D eigenvalue weighted by molar-refractivity contribution is 0.476. The molecule has 0 saturated carbocycles. The monoisotopic (exact) mass is 231 g/mol. The fourth-order valence-corrected chi connectivity index (χ4v) is 1.74. The summed E-state index contributed by atoms with van der Waals surface area (Å²) in [7, 11) is 1.78. The minimum atomic E-state index is 0.245. The number of aryl methyl sites for hydroxylation is 1. The summed E-state index contributed by atoms with van der Waals surface area (Å²) in [5.41, 5.74) is 8.23. The molecule has 0 amide bonds. The Morgan fingerprint density at radius 2 is 2.00 bits per heavy atom. The van der Waals surface area contributed by atoms with Gasteiger partial charge < -0.3 is 10.8 Å². The third-order valence-electron chi connectivity index (χ3n) is 2.88. The molecule has 0 saturated heterocycles. The average Bonchev–Trinajstić information content (AvgIpc) is 2.58. The predicted molar refractivity (Wildman–Crippen MR) is 68.8 cm³/mol. The highest BCUT2D eigenvalue weighted by molar-refractivity contribution is 5.69. The van der Waals surface area contributed by atoms with Crippen molar-refractivity contribution in [2.45, 2.75) is 19.8 Å². The summed E-state index contributed by atoms with van der Waals surface area (Å²) in [5, 5.41) is 14.3. The quantitative estimate of drug-likeness (QED) is 0.834. The Hall–Kier alpha value is -1.97. The highest BCUT2D eigenvalue weighted by atomic mass is 16.3. The van der Waals surface area contributed by atoms with E-state index in [1.54, 1.807) is 23.9 Å². The van der Waals surface area contributed by atoms with Gasteiger partial charge in [0.05, 0.1) is 5.69 Å². The molecule has 0 atom stereocenters. The van der Waals surface area contributed by atoms with Crippen LogP contribution >= 0.6 is 0 Å². The van der Waals surface area contributed by atoms with Gasteiger partial charge in [0.2, 0.25) is 0 Å². The zero-order chi connectivity index (χ0) is 12.6. The van der Waals surface area contributed by atoms with Crippen molar-refractivity contribution in [1.29, 1.82) is 0 Å². The second-order valence-electron chi connectivity index (χ2n) is 4.51. The zero-order valence-corrected chi connectivity index (χ0v) is 10.3. The normalized spacial score (nSPS) is 11.1. The van der Waals surface area contributed by atoms with E-state index in [0.29, 0.717) is 23.0 Å². The van der Waals surface area contributed by atoms with E-state index in [1.165, 1.54) is 0 Å². The van der Waals surface area contributed by atoms with Crippen LogP contribution in [0.1, 0.15) is 25.3 Å². The molecule has 1 aromatic heterocycles. The fraction of sp³-hybridized carbons (Fsp3) is 0.308. The molecule has 3 N–H and O–H groups in total. The molecule has 2 aromatic rings. The number of aromatic hydroxyl groups is 1. The molecule has 17 heavy (non-hydrogen) atoms. The SMILES string of the molecule is CC(C)c1ccc(-c2cc(N)n(C)n2)c(O)c1. The van der Waals surface area contributed by atoms with E-state index in [-0.39, 0.29) is 5.75 Å². The smallest absolute Gasteiger partial charge is 0.125 e. The van der Waals surface area contributed by atoms with Crippen LogP contribution in [0.25, 0.3) is 11.3 Å². The van der Waals surface area contributed by atoms with Gasteiger partial charge in [-0.1, -0.05) is 19.9 Å². The summed E-state index contributed by atoms with van der Waals surface area (Å²) < 4.78 is 1.59. The van der Waals surface area contributed by atoms with Crippen molar-refractivity contribution in [3.63, 3.8) is 0 Å². The largest absolute Gasteiger partial charge is 0.507 e. The Kier molecular flexibility index (Phi) is 2.79. The number of aromatic nitrogens is 2. The van der Waals surface area contributed by atoms with E-state index in [1.807, 2.05) is 12.1 Å². The van der Waals surface area contributed by atoms with E-state index < -0.39 is 0 Å². The first-order valence-corrected chi connectivity index (χ1v) is 5.62. The molecule has 4 heteroatoms. The van der Waals surface area contributed by atoms with Gasteiger partial charge in [-0.25, -0.2) is 0 Å². The maximum Gasteiger partial charge on any atom is 0.125 e. The van der Waals surface area contributed by atoms with Crippen LogP contribution in [-0.2, 0) is 7.05 Å². The maximum atomic E-state index is 10.0. The lowest BCUT2D eigenvalue weighted by Gasteiger charge is -2.08. The van der Waals surface area contributed by atoms with Gasteiger partial charge in [-0.3, -0.25) is 4.68 Å². The van der Waals surface area contributed by atoms with Crippen LogP contribution in [0.2, 0.25) is 0 Å². The van der Waals surface area contributed by atoms with Gasteiger partial charge in [0.1, 0.15) is 11.6 Å². The van der Waals surface area contributed by atoms with E-state index in [9.17, 15) is 5.11 Å². The lowest BCUT2D eigenvalue weighted by atomic mass is 10.00. The van der Waals surface area contributed by atoms with Crippen LogP contribution in [0.3, 0.4) is 0 Å². The number of hydrogen-bond donors (Lipinski definition) is 2. The van der Waals surface area contributed by atoms with Gasteiger partial charge in [0.25, 0.3) is 0 Å². The van der Waals surface area contributed by atoms with Gasteiger partial charge in [0, 0.05) is 18.7 Å². The van der Waals surface area contributed by atoms with E-state index in [0.717, 1.165) is 5.56 Å². The number of phenolic OH excluding ortho intramolecular Hbond substituents is 1. The van der Waals surface area contributed by atoms with Crippen LogP contribution in [-0.4, -0.2) is 14.9 Å². The third-order valence-corrected chi connectivity index (χ3v) is 2.88. The third kappa shape index (κ3) is 2.11. The van der Waals surface area contributed by atoms with Crippen molar-refractivity contribution in [2.24, 2.45) is 7.05 Å². The topological polar surface area (TPSA) is 64.1 Å². The summed E-state index contributed by atoms with van der Waals surface area (Å²) in [5.74, 6) is 1.21. The molecule has 0 bridgehead atoms. The van der Waals surface area contributed by atoms with Crippen LogP contribution in [0.4, 0.5) is 5.82 Å². The highest BCUT2D eigenvalue weighted by Crippen LogP contribution is 2.31. The van der Waals surface area contributed by atoms with E-state index >= 15 is 0 Å². The fourth-order valence-electron chi connectivity index (χ4n) is 1.74. The molecule has 0 aliphatic rings. The van der Waals surface area contributed by atoms with E-state index in [2.05, 4.69) is 18.9 Å². The molecule has 4 nitrogen and oxygen atoms in total. The number of nitrogens with two attached hydrogens (primary N) is 1. The molecule has 0 unspecified atom stereocenters. The summed E-state index contributed by atoms with van der Waals surface area (Å²) in [4.78, 5) is 0. The molecule has 0 aliphatic heterocycles.